The number of nitrogens with one attached hydrogen (secondary N) is 2. The SMILES string of the molecule is CC(C)(C)S(=O)(=O)N[C@H]1CC[C@H](CNc2cccc3ncccc23)CC1. The van der Waals surface area contributed by atoms with Gasteiger partial charge in [-0.25, -0.2) is 13.1 Å². The van der Waals surface area contributed by atoms with Crippen LogP contribution in [0, 0.1) is 5.92 Å². The fraction of sp³-hybridized carbons (Fsp3) is 0.550. The predicted octanol–water partition coefficient (Wildman–Crippen LogP) is 3.92. The Morgan fingerprint density at radius 3 is 2.50 bits per heavy atom. The summed E-state index contributed by atoms with van der Waals surface area (Å²) in [5, 5.41) is 4.71. The zero-order valence-electron chi connectivity index (χ0n) is 15.8. The highest BCUT2D eigenvalue weighted by Gasteiger charge is 2.32. The summed E-state index contributed by atoms with van der Waals surface area (Å²) in [5.41, 5.74) is 2.11. The van der Waals surface area contributed by atoms with Crippen molar-refractivity contribution in [2.45, 2.75) is 57.2 Å². The minimum absolute atomic E-state index is 0.0669. The normalized spacial score (nSPS) is 21.7. The molecule has 0 radical (unpaired) electrons. The molecule has 5 nitrogen and oxygen atoms in total. The van der Waals surface area contributed by atoms with Gasteiger partial charge in [0.25, 0.3) is 0 Å². The first-order chi connectivity index (χ1) is 12.3. The number of nitrogens with zero attached hydrogens (tertiary/aromatic N) is 1. The molecule has 1 aromatic carbocycles. The Morgan fingerprint density at radius 2 is 1.81 bits per heavy atom. The zero-order chi connectivity index (χ0) is 18.8. The van der Waals surface area contributed by atoms with E-state index in [0.29, 0.717) is 5.92 Å². The van der Waals surface area contributed by atoms with Crippen molar-refractivity contribution in [3.8, 4) is 0 Å². The molecule has 1 aliphatic rings. The minimum atomic E-state index is -3.27. The van der Waals surface area contributed by atoms with Crippen molar-refractivity contribution in [3.05, 3.63) is 36.5 Å². The molecule has 0 unspecified atom stereocenters. The van der Waals surface area contributed by atoms with E-state index in [1.54, 1.807) is 20.8 Å². The first-order valence-corrected chi connectivity index (χ1v) is 10.8. The van der Waals surface area contributed by atoms with Crippen LogP contribution >= 0.6 is 0 Å². The lowest BCUT2D eigenvalue weighted by Gasteiger charge is -2.31. The van der Waals surface area contributed by atoms with E-state index in [0.717, 1.165) is 48.8 Å². The third-order valence-electron chi connectivity index (χ3n) is 5.20. The number of rotatable bonds is 5. The zero-order valence-corrected chi connectivity index (χ0v) is 16.6. The fourth-order valence-electron chi connectivity index (χ4n) is 3.39. The molecular weight excluding hydrogens is 346 g/mol. The van der Waals surface area contributed by atoms with Crippen molar-refractivity contribution in [3.63, 3.8) is 0 Å². The summed E-state index contributed by atoms with van der Waals surface area (Å²) in [4.78, 5) is 4.40. The lowest BCUT2D eigenvalue weighted by atomic mass is 9.86. The van der Waals surface area contributed by atoms with Crippen LogP contribution in [0.5, 0.6) is 0 Å². The predicted molar refractivity (Wildman–Crippen MR) is 108 cm³/mol. The number of hydrogen-bond donors (Lipinski definition) is 2. The number of fused-ring (bicyclic) bond motifs is 1. The summed E-state index contributed by atoms with van der Waals surface area (Å²) in [6.07, 6.45) is 5.68. The third-order valence-corrected chi connectivity index (χ3v) is 7.46. The van der Waals surface area contributed by atoms with Crippen molar-refractivity contribution < 1.29 is 8.42 Å². The molecule has 0 aliphatic heterocycles. The molecule has 1 aromatic heterocycles. The summed E-state index contributed by atoms with van der Waals surface area (Å²) < 4.78 is 26.8. The van der Waals surface area contributed by atoms with Crippen molar-refractivity contribution in [1.29, 1.82) is 0 Å². The first kappa shape index (κ1) is 19.1. The highest BCUT2D eigenvalue weighted by atomic mass is 32.2. The number of aromatic nitrogens is 1. The standard InChI is InChI=1S/C20H29N3O2S/c1-20(2,3)26(24,25)23-16-11-9-15(10-12-16)14-22-19-8-4-7-18-17(19)6-5-13-21-18/h4-8,13,15-16,22-23H,9-12,14H2,1-3H3/t15-,16-. The van der Waals surface area contributed by atoms with Gasteiger partial charge in [-0.15, -0.1) is 0 Å². The van der Waals surface area contributed by atoms with Crippen LogP contribution in [0.4, 0.5) is 5.69 Å². The highest BCUT2D eigenvalue weighted by molar-refractivity contribution is 7.90. The Morgan fingerprint density at radius 1 is 1.08 bits per heavy atom. The molecule has 0 atom stereocenters. The van der Waals surface area contributed by atoms with Crippen LogP contribution in [0.3, 0.4) is 0 Å². The topological polar surface area (TPSA) is 71.1 Å². The van der Waals surface area contributed by atoms with Crippen LogP contribution in [0.25, 0.3) is 10.9 Å². The monoisotopic (exact) mass is 375 g/mol. The second-order valence-electron chi connectivity index (χ2n) is 8.21. The molecule has 0 spiro atoms. The van der Waals surface area contributed by atoms with E-state index in [1.165, 1.54) is 0 Å². The Hall–Kier alpha value is -1.66. The molecule has 2 aromatic rings. The molecule has 1 fully saturated rings. The van der Waals surface area contributed by atoms with Gasteiger partial charge in [0, 0.05) is 29.9 Å². The summed E-state index contributed by atoms with van der Waals surface area (Å²) in [5.74, 6) is 0.567. The molecule has 1 aliphatic carbocycles. The highest BCUT2D eigenvalue weighted by Crippen LogP contribution is 2.28. The van der Waals surface area contributed by atoms with Crippen molar-refractivity contribution in [2.24, 2.45) is 5.92 Å². The number of anilines is 1. The molecule has 2 N–H and O–H groups in total. The maximum absolute atomic E-state index is 12.3. The minimum Gasteiger partial charge on any atom is -0.384 e. The molecule has 26 heavy (non-hydrogen) atoms. The summed E-state index contributed by atoms with van der Waals surface area (Å²) in [7, 11) is -3.27. The molecule has 0 bridgehead atoms. The number of hydrogen-bond acceptors (Lipinski definition) is 4. The van der Waals surface area contributed by atoms with Crippen LogP contribution in [0.1, 0.15) is 46.5 Å². The van der Waals surface area contributed by atoms with E-state index in [1.807, 2.05) is 24.4 Å². The van der Waals surface area contributed by atoms with Gasteiger partial charge in [0.1, 0.15) is 0 Å². The van der Waals surface area contributed by atoms with Gasteiger partial charge in [-0.3, -0.25) is 4.98 Å². The fourth-order valence-corrected chi connectivity index (χ4v) is 4.42. The molecule has 3 rings (SSSR count). The average Bonchev–Trinajstić information content (AvgIpc) is 2.60. The Balaban J connectivity index is 1.53. The van der Waals surface area contributed by atoms with Crippen molar-refractivity contribution in [2.75, 3.05) is 11.9 Å². The Labute approximate surface area is 156 Å². The lowest BCUT2D eigenvalue weighted by molar-refractivity contribution is 0.322. The van der Waals surface area contributed by atoms with E-state index < -0.39 is 14.8 Å². The molecule has 0 amide bonds. The molecule has 142 valence electrons. The van der Waals surface area contributed by atoms with Crippen LogP contribution in [-0.2, 0) is 10.0 Å². The maximum Gasteiger partial charge on any atom is 0.216 e. The molecular formula is C20H29N3O2S. The van der Waals surface area contributed by atoms with E-state index in [2.05, 4.69) is 27.2 Å². The number of sulfonamides is 1. The molecule has 1 saturated carbocycles. The summed E-state index contributed by atoms with van der Waals surface area (Å²) >= 11 is 0. The number of benzene rings is 1. The van der Waals surface area contributed by atoms with E-state index in [9.17, 15) is 8.42 Å². The van der Waals surface area contributed by atoms with Crippen molar-refractivity contribution in [1.82, 2.24) is 9.71 Å². The molecule has 0 saturated heterocycles. The molecule has 6 heteroatoms. The van der Waals surface area contributed by atoms with Gasteiger partial charge in [-0.05, 0) is 76.6 Å². The van der Waals surface area contributed by atoms with E-state index >= 15 is 0 Å². The quantitative estimate of drug-likeness (QED) is 0.831. The van der Waals surface area contributed by atoms with Gasteiger partial charge in [0.05, 0.1) is 10.3 Å². The second-order valence-corrected chi connectivity index (χ2v) is 10.7. The van der Waals surface area contributed by atoms with Gasteiger partial charge >= 0.3 is 0 Å². The van der Waals surface area contributed by atoms with E-state index in [4.69, 9.17) is 0 Å². The van der Waals surface area contributed by atoms with Crippen LogP contribution in [-0.4, -0.2) is 30.7 Å². The van der Waals surface area contributed by atoms with Crippen LogP contribution in [0.2, 0.25) is 0 Å². The van der Waals surface area contributed by atoms with Crippen LogP contribution in [0.15, 0.2) is 36.5 Å². The van der Waals surface area contributed by atoms with Gasteiger partial charge in [-0.1, -0.05) is 6.07 Å². The van der Waals surface area contributed by atoms with Gasteiger partial charge in [0.15, 0.2) is 0 Å². The van der Waals surface area contributed by atoms with E-state index in [-0.39, 0.29) is 6.04 Å². The van der Waals surface area contributed by atoms with Crippen LogP contribution < -0.4 is 10.0 Å². The number of pyridine rings is 1. The largest absolute Gasteiger partial charge is 0.384 e. The maximum atomic E-state index is 12.3. The van der Waals surface area contributed by atoms with Gasteiger partial charge in [-0.2, -0.15) is 0 Å². The first-order valence-electron chi connectivity index (χ1n) is 9.36. The smallest absolute Gasteiger partial charge is 0.216 e. The molecule has 1 heterocycles. The summed E-state index contributed by atoms with van der Waals surface area (Å²) in [6.45, 7) is 6.13. The third kappa shape index (κ3) is 4.35. The van der Waals surface area contributed by atoms with Gasteiger partial charge < -0.3 is 5.32 Å². The second kappa shape index (κ2) is 7.53. The Kier molecular flexibility index (Phi) is 5.53. The van der Waals surface area contributed by atoms with Crippen molar-refractivity contribution >= 4 is 26.6 Å². The lowest BCUT2D eigenvalue weighted by Crippen LogP contribution is -2.46. The Bertz CT molecular complexity index is 845. The average molecular weight is 376 g/mol. The summed E-state index contributed by atoms with van der Waals surface area (Å²) in [6, 6.07) is 10.2. The van der Waals surface area contributed by atoms with Gasteiger partial charge in [0.2, 0.25) is 10.0 Å².